The molecule has 1 aliphatic carbocycles. The first-order valence-electron chi connectivity index (χ1n) is 13.2. The highest BCUT2D eigenvalue weighted by Crippen LogP contribution is 2.46. The van der Waals surface area contributed by atoms with Crippen molar-refractivity contribution in [1.29, 1.82) is 0 Å². The maximum Gasteiger partial charge on any atom is 0.340 e. The Morgan fingerprint density at radius 1 is 1.25 bits per heavy atom. The number of rotatable bonds is 6. The first-order valence-corrected chi connectivity index (χ1v) is 14.5. The van der Waals surface area contributed by atoms with Crippen LogP contribution in [0.5, 0.6) is 5.75 Å². The van der Waals surface area contributed by atoms with E-state index in [2.05, 4.69) is 16.2 Å². The Morgan fingerprint density at radius 3 is 2.80 bits per heavy atom. The second-order valence-corrected chi connectivity index (χ2v) is 11.9. The molecule has 1 N–H and O–H groups in total. The lowest BCUT2D eigenvalue weighted by Crippen LogP contribution is -2.55. The van der Waals surface area contributed by atoms with Crippen molar-refractivity contribution in [2.75, 3.05) is 33.4 Å². The van der Waals surface area contributed by atoms with Crippen LogP contribution >= 0.6 is 22.9 Å². The van der Waals surface area contributed by atoms with E-state index in [4.69, 9.17) is 26.1 Å². The number of nitrogens with one attached hydrogen (secondary N) is 1. The maximum absolute atomic E-state index is 12.3. The Morgan fingerprint density at radius 2 is 2.08 bits per heavy atom. The molecular weight excluding hydrogens is 548 g/mol. The summed E-state index contributed by atoms with van der Waals surface area (Å²) in [6.45, 7) is 6.53. The van der Waals surface area contributed by atoms with Crippen molar-refractivity contribution in [3.05, 3.63) is 62.9 Å². The highest BCUT2D eigenvalue weighted by atomic mass is 35.5. The summed E-state index contributed by atoms with van der Waals surface area (Å²) in [6.07, 6.45) is 2.83. The summed E-state index contributed by atoms with van der Waals surface area (Å²) in [5, 5.41) is 5.72. The average molecular weight is 577 g/mol. The fourth-order valence-electron chi connectivity index (χ4n) is 5.87. The van der Waals surface area contributed by atoms with Crippen LogP contribution in [0.25, 0.3) is 21.3 Å². The van der Waals surface area contributed by atoms with Crippen molar-refractivity contribution in [1.82, 2.24) is 15.2 Å². The van der Waals surface area contributed by atoms with Gasteiger partial charge >= 0.3 is 5.97 Å². The number of amidine groups is 1. The zero-order valence-corrected chi connectivity index (χ0v) is 24.2. The monoisotopic (exact) mass is 576 g/mol. The third kappa shape index (κ3) is 4.63. The molecule has 1 saturated heterocycles. The van der Waals surface area contributed by atoms with Gasteiger partial charge in [-0.05, 0) is 62.8 Å². The van der Waals surface area contributed by atoms with E-state index in [-0.39, 0.29) is 5.41 Å². The number of carbonyl (C=O) groups is 1. The number of carbonyl (C=O) groups excluding carboxylic acids is 2. The zero-order valence-electron chi connectivity index (χ0n) is 22.6. The molecule has 2 aromatic heterocycles. The molecule has 0 amide bonds. The number of esters is 1. The van der Waals surface area contributed by atoms with E-state index in [1.807, 2.05) is 36.9 Å². The fourth-order valence-corrected chi connectivity index (χ4v) is 7.05. The van der Waals surface area contributed by atoms with E-state index >= 15 is 0 Å². The molecule has 40 heavy (non-hydrogen) atoms. The topological polar surface area (TPSA) is 93.1 Å². The van der Waals surface area contributed by atoms with Crippen LogP contribution in [-0.2, 0) is 9.53 Å². The molecule has 2 aliphatic heterocycles. The smallest absolute Gasteiger partial charge is 0.340 e. The summed E-state index contributed by atoms with van der Waals surface area (Å²) in [5.74, 6) is 3.22. The van der Waals surface area contributed by atoms with Gasteiger partial charge in [0.15, 0.2) is 5.94 Å². The van der Waals surface area contributed by atoms with E-state index in [1.54, 1.807) is 11.4 Å². The van der Waals surface area contributed by atoms with Crippen molar-refractivity contribution >= 4 is 50.9 Å². The minimum Gasteiger partial charge on any atom is -0.491 e. The van der Waals surface area contributed by atoms with Gasteiger partial charge in [0.05, 0.1) is 29.4 Å². The van der Waals surface area contributed by atoms with Gasteiger partial charge in [0, 0.05) is 51.6 Å². The summed E-state index contributed by atoms with van der Waals surface area (Å²) in [7, 11) is 1.36. The molecule has 10 heteroatoms. The van der Waals surface area contributed by atoms with Gasteiger partial charge in [-0.1, -0.05) is 11.6 Å². The lowest BCUT2D eigenvalue weighted by atomic mass is 9.68. The summed E-state index contributed by atoms with van der Waals surface area (Å²) in [6, 6.07) is 7.46. The molecule has 6 rings (SSSR count). The van der Waals surface area contributed by atoms with Crippen LogP contribution in [0.4, 0.5) is 0 Å². The summed E-state index contributed by atoms with van der Waals surface area (Å²) >= 11 is 7.86. The van der Waals surface area contributed by atoms with E-state index < -0.39 is 5.97 Å². The molecule has 3 aromatic rings. The van der Waals surface area contributed by atoms with Gasteiger partial charge < -0.3 is 19.7 Å². The van der Waals surface area contributed by atoms with E-state index in [0.717, 1.165) is 71.0 Å². The molecule has 0 unspecified atom stereocenters. The molecular formula is C30H29ClN4O4S. The number of aromatic nitrogens is 1. The number of hydrogen-bond acceptors (Lipinski definition) is 9. The normalized spacial score (nSPS) is 17.9. The first-order chi connectivity index (χ1) is 19.3. The summed E-state index contributed by atoms with van der Waals surface area (Å²) < 4.78 is 12.1. The standard InChI is InChI=1S/C30H29ClN4O4S/c1-17-10-21(28-27(33-17)23(14-40-28)29(37)38-3)20-11-19(31)4-5-26(20)39-9-8-35-18(2)34-24-6-7-30(15-32-16-30)12-22(24)25(35)13-36/h4-5,10-11,14,32H,6-9,12,15-16H2,1-3H3. The number of hydrogen-bond donors (Lipinski definition) is 1. The van der Waals surface area contributed by atoms with Crippen LogP contribution in [0.3, 0.4) is 0 Å². The third-order valence-electron chi connectivity index (χ3n) is 7.99. The predicted octanol–water partition coefficient (Wildman–Crippen LogP) is 5.57. The Hall–Kier alpha value is -3.49. The van der Waals surface area contributed by atoms with Crippen LogP contribution < -0.4 is 10.1 Å². The van der Waals surface area contributed by atoms with Crippen molar-refractivity contribution in [3.8, 4) is 16.9 Å². The molecule has 0 atom stereocenters. The number of pyridine rings is 1. The van der Waals surface area contributed by atoms with Gasteiger partial charge in [-0.15, -0.1) is 11.3 Å². The van der Waals surface area contributed by atoms with Crippen molar-refractivity contribution in [2.45, 2.75) is 33.1 Å². The van der Waals surface area contributed by atoms with Crippen molar-refractivity contribution < 1.29 is 19.1 Å². The number of fused-ring (bicyclic) bond motifs is 1. The summed E-state index contributed by atoms with van der Waals surface area (Å²) in [5.41, 5.74) is 6.30. The van der Waals surface area contributed by atoms with E-state index in [9.17, 15) is 9.59 Å². The highest BCUT2D eigenvalue weighted by molar-refractivity contribution is 7.18. The van der Waals surface area contributed by atoms with E-state index in [1.165, 1.54) is 18.4 Å². The van der Waals surface area contributed by atoms with Gasteiger partial charge in [0.2, 0.25) is 0 Å². The number of methoxy groups -OCH3 is 1. The molecule has 0 saturated carbocycles. The minimum atomic E-state index is -0.425. The Balaban J connectivity index is 1.27. The molecule has 0 radical (unpaired) electrons. The highest BCUT2D eigenvalue weighted by Gasteiger charge is 2.43. The van der Waals surface area contributed by atoms with Gasteiger partial charge in [-0.3, -0.25) is 4.98 Å². The maximum atomic E-state index is 12.3. The number of benzene rings is 1. The second kappa shape index (κ2) is 10.5. The van der Waals surface area contributed by atoms with Crippen LogP contribution in [0.2, 0.25) is 5.02 Å². The van der Waals surface area contributed by atoms with Crippen LogP contribution in [0.1, 0.15) is 42.2 Å². The van der Waals surface area contributed by atoms with Crippen LogP contribution in [0.15, 0.2) is 51.6 Å². The largest absolute Gasteiger partial charge is 0.491 e. The Bertz CT molecular complexity index is 1650. The SMILES string of the molecule is COC(=O)c1csc2c(-c3cc(Cl)ccc3OCCN3C(=C=O)C4=C(CCC5(CNC5)C4)N=C3C)cc(C)nc12. The lowest BCUT2D eigenvalue weighted by Gasteiger charge is -2.47. The molecule has 1 spiro atoms. The number of thiophene rings is 1. The zero-order chi connectivity index (χ0) is 28.0. The van der Waals surface area contributed by atoms with Gasteiger partial charge in [-0.25, -0.2) is 14.6 Å². The molecule has 0 bridgehead atoms. The Kier molecular flexibility index (Phi) is 7.00. The van der Waals surface area contributed by atoms with Crippen LogP contribution in [-0.4, -0.2) is 61.0 Å². The van der Waals surface area contributed by atoms with Crippen molar-refractivity contribution in [3.63, 3.8) is 0 Å². The number of nitrogens with zero attached hydrogens (tertiary/aromatic N) is 3. The van der Waals surface area contributed by atoms with Crippen LogP contribution in [0, 0.1) is 12.3 Å². The third-order valence-corrected chi connectivity index (χ3v) is 9.23. The number of aliphatic imine (C=N–C) groups is 1. The quantitative estimate of drug-likeness (QED) is 0.303. The lowest BCUT2D eigenvalue weighted by molar-refractivity contribution is 0.0603. The predicted molar refractivity (Wildman–Crippen MR) is 157 cm³/mol. The second-order valence-electron chi connectivity index (χ2n) is 10.6. The van der Waals surface area contributed by atoms with Crippen molar-refractivity contribution in [2.24, 2.45) is 10.4 Å². The van der Waals surface area contributed by atoms with E-state index in [0.29, 0.717) is 40.7 Å². The number of allylic oxidation sites excluding steroid dienone is 2. The van der Waals surface area contributed by atoms with Gasteiger partial charge in [0.25, 0.3) is 0 Å². The fraction of sp³-hybridized carbons (Fsp3) is 0.367. The first kappa shape index (κ1) is 26.7. The molecule has 8 nitrogen and oxygen atoms in total. The summed E-state index contributed by atoms with van der Waals surface area (Å²) in [4.78, 5) is 36.0. The molecule has 3 aliphatic rings. The minimum absolute atomic E-state index is 0.228. The molecule has 1 aromatic carbocycles. The molecule has 206 valence electrons. The number of aryl methyl sites for hydroxylation is 1. The Labute approximate surface area is 241 Å². The number of halogens is 1. The van der Waals surface area contributed by atoms with Gasteiger partial charge in [0.1, 0.15) is 23.9 Å². The average Bonchev–Trinajstić information content (AvgIpc) is 3.35. The molecule has 1 fully saturated rings. The number of ether oxygens (including phenoxy) is 2. The van der Waals surface area contributed by atoms with Gasteiger partial charge in [-0.2, -0.15) is 0 Å². The molecule has 4 heterocycles.